The van der Waals surface area contributed by atoms with Crippen LogP contribution in [0, 0.1) is 0 Å². The van der Waals surface area contributed by atoms with Gasteiger partial charge in [0.25, 0.3) is 0 Å². The zero-order chi connectivity index (χ0) is 46.7. The van der Waals surface area contributed by atoms with Crippen molar-refractivity contribution >= 4 is 6.15 Å². The van der Waals surface area contributed by atoms with E-state index in [1.165, 1.54) is 0 Å². The molecule has 0 aliphatic rings. The molecule has 0 heterocycles. The van der Waals surface area contributed by atoms with E-state index in [0.717, 1.165) is 0 Å². The highest BCUT2D eigenvalue weighted by Crippen LogP contribution is 2.43. The van der Waals surface area contributed by atoms with E-state index >= 15 is 0 Å². The highest BCUT2D eigenvalue weighted by atomic mass is 19.4. The summed E-state index contributed by atoms with van der Waals surface area (Å²) in [6.45, 7) is 0. The molecule has 0 fully saturated rings. The fourth-order valence-electron chi connectivity index (χ4n) is 6.98. The van der Waals surface area contributed by atoms with Gasteiger partial charge in [-0.05, 0) is 72.8 Å². The Morgan fingerprint density at radius 3 is 0.426 bits per heavy atom. The highest BCUT2D eigenvalue weighted by Gasteiger charge is 2.43. The van der Waals surface area contributed by atoms with Crippen molar-refractivity contribution in [3.8, 4) is 0 Å². The van der Waals surface area contributed by atoms with Crippen LogP contribution in [-0.2, 0) is 74.7 Å². The molecule has 0 atom stereocenters. The monoisotopic (exact) mass is 919 g/mol. The molecule has 0 aromatic heterocycles. The van der Waals surface area contributed by atoms with E-state index in [4.69, 9.17) is 0 Å². The maximum atomic E-state index is 13.9. The van der Waals surface area contributed by atoms with E-state index in [1.807, 2.05) is 0 Å². The Balaban J connectivity index is 2.23. The van der Waals surface area contributed by atoms with Gasteiger partial charge in [0.15, 0.2) is 0 Å². The Labute approximate surface area is 326 Å². The summed E-state index contributed by atoms with van der Waals surface area (Å²) in [6.07, 6.45) is -56.3. The third-order valence-electron chi connectivity index (χ3n) is 9.26. The van der Waals surface area contributed by atoms with Crippen molar-refractivity contribution in [2.75, 3.05) is 0 Å². The molecule has 0 bridgehead atoms. The van der Waals surface area contributed by atoms with Gasteiger partial charge in [-0.15, -0.1) is 0 Å². The summed E-state index contributed by atoms with van der Waals surface area (Å²) in [4.78, 5) is 0. The van der Waals surface area contributed by atoms with Crippen molar-refractivity contribution in [3.63, 3.8) is 0 Å². The lowest BCUT2D eigenvalue weighted by atomic mass is 9.16. The zero-order valence-electron chi connectivity index (χ0n) is 29.4. The van der Waals surface area contributed by atoms with E-state index in [1.54, 1.807) is 0 Å². The molecule has 4 rings (SSSR count). The minimum absolute atomic E-state index is 0.112. The zero-order valence-corrected chi connectivity index (χ0v) is 29.4. The van der Waals surface area contributed by atoms with Crippen LogP contribution in [0.5, 0.6) is 0 Å². The molecule has 0 aliphatic heterocycles. The van der Waals surface area contributed by atoms with Gasteiger partial charge in [-0.3, -0.25) is 0 Å². The van der Waals surface area contributed by atoms with E-state index in [-0.39, 0.29) is 48.5 Å². The molecule has 61 heavy (non-hydrogen) atoms. The van der Waals surface area contributed by atoms with Gasteiger partial charge >= 0.3 is 49.4 Å². The Morgan fingerprint density at radius 2 is 0.328 bits per heavy atom. The van der Waals surface area contributed by atoms with E-state index in [0.29, 0.717) is 0 Å². The lowest BCUT2D eigenvalue weighted by molar-refractivity contribution is -0.144. The standard InChI is InChI=1S/C36H20BF24/c38-29(39,40)21-1-17(2-22(9-21)30(41,42)43)13-37(14-18-3-23(31(44,45)46)10-24(4-18)32(47,48)49,15-19-5-25(33(50,51)52)11-26(6-19)34(53,54)55)16-20-7-27(35(56,57)58)12-28(8-20)36(59,60)61/h1-12H,13-16H2/q-1. The second-order valence-electron chi connectivity index (χ2n) is 14.2. The summed E-state index contributed by atoms with van der Waals surface area (Å²) < 4.78 is 335. The van der Waals surface area contributed by atoms with Crippen LogP contribution < -0.4 is 0 Å². The molecule has 0 amide bonds. The molecule has 0 N–H and O–H groups in total. The first-order chi connectivity index (χ1) is 27.2. The summed E-state index contributed by atoms with van der Waals surface area (Å²) >= 11 is 0. The normalized spacial score (nSPS) is 14.2. The molecule has 0 spiro atoms. The molecular weight excluding hydrogens is 899 g/mol. The SMILES string of the molecule is FC(F)(F)c1cc(C[B-](Cc2cc(C(F)(F)F)cc(C(F)(F)F)c2)(Cc2cc(C(F)(F)F)cc(C(F)(F)F)c2)Cc2cc(C(F)(F)F)cc(C(F)(F)F)c2)cc(C(F)(F)F)c1. The minimum Gasteiger partial charge on any atom is -0.166 e. The topological polar surface area (TPSA) is 0 Å². The van der Waals surface area contributed by atoms with Crippen molar-refractivity contribution in [3.05, 3.63) is 140 Å². The van der Waals surface area contributed by atoms with Crippen molar-refractivity contribution in [2.45, 2.75) is 74.7 Å². The molecule has 0 nitrogen and oxygen atoms in total. The number of alkyl halides is 24. The first kappa shape index (κ1) is 48.9. The second kappa shape index (κ2) is 15.9. The average Bonchev–Trinajstić information content (AvgIpc) is 3.04. The van der Waals surface area contributed by atoms with Crippen LogP contribution in [0.1, 0.15) is 66.8 Å². The fraction of sp³-hybridized carbons (Fsp3) is 0.333. The predicted octanol–water partition coefficient (Wildman–Crippen LogP) is 14.7. The second-order valence-corrected chi connectivity index (χ2v) is 14.2. The van der Waals surface area contributed by atoms with Crippen LogP contribution in [0.3, 0.4) is 0 Å². The quantitative estimate of drug-likeness (QED) is 0.122. The lowest BCUT2D eigenvalue weighted by Gasteiger charge is -2.42. The first-order valence-electron chi connectivity index (χ1n) is 16.5. The van der Waals surface area contributed by atoms with Crippen molar-refractivity contribution in [2.24, 2.45) is 0 Å². The smallest absolute Gasteiger partial charge is 0.166 e. The number of rotatable bonds is 8. The number of halogens is 24. The van der Waals surface area contributed by atoms with Crippen LogP contribution in [0.4, 0.5) is 105 Å². The molecule has 25 heteroatoms. The number of benzene rings is 4. The maximum Gasteiger partial charge on any atom is 0.416 e. The highest BCUT2D eigenvalue weighted by molar-refractivity contribution is 6.77. The summed E-state index contributed by atoms with van der Waals surface area (Å²) in [6, 6.07) is -2.87. The van der Waals surface area contributed by atoms with Crippen LogP contribution in [0.2, 0.25) is 0 Å². The third-order valence-corrected chi connectivity index (χ3v) is 9.26. The van der Waals surface area contributed by atoms with Gasteiger partial charge in [-0.25, -0.2) is 0 Å². The van der Waals surface area contributed by atoms with Crippen molar-refractivity contribution in [1.82, 2.24) is 0 Å². The first-order valence-corrected chi connectivity index (χ1v) is 16.5. The summed E-state index contributed by atoms with van der Waals surface area (Å²) in [5.41, 5.74) is -22.5. The Hall–Kier alpha value is -4.74. The van der Waals surface area contributed by atoms with Crippen LogP contribution in [-0.4, -0.2) is 6.15 Å². The van der Waals surface area contributed by atoms with Gasteiger partial charge in [0.1, 0.15) is 0 Å². The van der Waals surface area contributed by atoms with E-state index < -0.39 is 172 Å². The maximum absolute atomic E-state index is 13.9. The Bertz CT molecular complexity index is 1760. The van der Waals surface area contributed by atoms with Gasteiger partial charge < -0.3 is 0 Å². The van der Waals surface area contributed by atoms with Gasteiger partial charge in [-0.2, -0.15) is 131 Å². The Kier molecular flexibility index (Phi) is 12.7. The summed E-state index contributed by atoms with van der Waals surface area (Å²) in [5.74, 6) is 0. The summed E-state index contributed by atoms with van der Waals surface area (Å²) in [5, 5.41) is 0. The van der Waals surface area contributed by atoms with Gasteiger partial charge in [0, 0.05) is 6.15 Å². The van der Waals surface area contributed by atoms with Crippen LogP contribution >= 0.6 is 0 Å². The third kappa shape index (κ3) is 12.7. The molecule has 0 unspecified atom stereocenters. The van der Waals surface area contributed by atoms with Crippen LogP contribution in [0.15, 0.2) is 72.8 Å². The molecule has 0 saturated carbocycles. The number of hydrogen-bond donors (Lipinski definition) is 0. The lowest BCUT2D eigenvalue weighted by Crippen LogP contribution is -2.47. The largest absolute Gasteiger partial charge is 0.416 e. The minimum atomic E-state index is -5.71. The van der Waals surface area contributed by atoms with Crippen LogP contribution in [0.25, 0.3) is 0 Å². The van der Waals surface area contributed by atoms with Crippen molar-refractivity contribution in [1.29, 1.82) is 0 Å². The number of hydrogen-bond acceptors (Lipinski definition) is 0. The van der Waals surface area contributed by atoms with Gasteiger partial charge in [-0.1, -0.05) is 22.3 Å². The fourth-order valence-corrected chi connectivity index (χ4v) is 6.98. The molecule has 0 radical (unpaired) electrons. The van der Waals surface area contributed by atoms with Gasteiger partial charge in [0.2, 0.25) is 0 Å². The molecular formula is C36H20BF24-. The van der Waals surface area contributed by atoms with E-state index in [9.17, 15) is 105 Å². The summed E-state index contributed by atoms with van der Waals surface area (Å²) in [7, 11) is 0. The Morgan fingerprint density at radius 1 is 0.213 bits per heavy atom. The molecule has 4 aromatic carbocycles. The van der Waals surface area contributed by atoms with Gasteiger partial charge in [0.05, 0.1) is 44.5 Å². The average molecular weight is 919 g/mol. The molecule has 0 aliphatic carbocycles. The van der Waals surface area contributed by atoms with E-state index in [2.05, 4.69) is 0 Å². The molecule has 336 valence electrons. The predicted molar refractivity (Wildman–Crippen MR) is 166 cm³/mol. The molecule has 4 aromatic rings. The van der Waals surface area contributed by atoms with Crippen molar-refractivity contribution < 1.29 is 105 Å². The molecule has 0 saturated heterocycles.